The fourth-order valence-electron chi connectivity index (χ4n) is 1.90. The Labute approximate surface area is 108 Å². The molecule has 1 aromatic rings. The number of benzene rings is 1. The highest BCUT2D eigenvalue weighted by Gasteiger charge is 2.17. The molecule has 0 aliphatic heterocycles. The van der Waals surface area contributed by atoms with Crippen molar-refractivity contribution in [3.63, 3.8) is 0 Å². The first kappa shape index (κ1) is 14.8. The van der Waals surface area contributed by atoms with Gasteiger partial charge >= 0.3 is 0 Å². The predicted molar refractivity (Wildman–Crippen MR) is 71.6 cm³/mol. The minimum Gasteiger partial charge on any atom is -0.504 e. The van der Waals surface area contributed by atoms with Gasteiger partial charge in [-0.25, -0.2) is 0 Å². The quantitative estimate of drug-likeness (QED) is 0.561. The second kappa shape index (κ2) is 6.61. The molecule has 4 nitrogen and oxygen atoms in total. The Hall–Kier alpha value is -1.26. The van der Waals surface area contributed by atoms with Gasteiger partial charge in [0, 0.05) is 25.3 Å². The lowest BCUT2D eigenvalue weighted by molar-refractivity contribution is 0.236. The van der Waals surface area contributed by atoms with Gasteiger partial charge < -0.3 is 20.6 Å². The Balaban J connectivity index is 2.44. The Kier molecular flexibility index (Phi) is 5.44. The fraction of sp³-hybridized carbons (Fsp3) is 0.571. The summed E-state index contributed by atoms with van der Waals surface area (Å²) >= 11 is 0. The normalized spacial score (nSPS) is 11.7. The highest BCUT2D eigenvalue weighted by atomic mass is 16.3. The third kappa shape index (κ3) is 4.55. The second-order valence-electron chi connectivity index (χ2n) is 5.38. The average Bonchev–Trinajstić information content (AvgIpc) is 2.32. The predicted octanol–water partition coefficient (Wildman–Crippen LogP) is 1.99. The molecule has 0 spiro atoms. The molecular formula is C14H23NO3. The van der Waals surface area contributed by atoms with E-state index in [0.29, 0.717) is 12.1 Å². The van der Waals surface area contributed by atoms with E-state index in [0.717, 1.165) is 19.4 Å². The van der Waals surface area contributed by atoms with Gasteiger partial charge in [0.2, 0.25) is 0 Å². The van der Waals surface area contributed by atoms with Crippen molar-refractivity contribution in [2.24, 2.45) is 5.41 Å². The third-order valence-electron chi connectivity index (χ3n) is 3.03. The van der Waals surface area contributed by atoms with E-state index in [4.69, 9.17) is 5.11 Å². The summed E-state index contributed by atoms with van der Waals surface area (Å²) in [6.45, 7) is 5.80. The molecular weight excluding hydrogens is 230 g/mol. The van der Waals surface area contributed by atoms with Crippen molar-refractivity contribution in [3.05, 3.63) is 23.8 Å². The molecule has 0 aromatic heterocycles. The maximum Gasteiger partial charge on any atom is 0.161 e. The Morgan fingerprint density at radius 3 is 2.61 bits per heavy atom. The van der Waals surface area contributed by atoms with Crippen molar-refractivity contribution in [1.29, 1.82) is 0 Å². The molecule has 0 saturated heterocycles. The molecule has 1 rings (SSSR count). The van der Waals surface area contributed by atoms with Crippen LogP contribution in [0.5, 0.6) is 11.5 Å². The highest BCUT2D eigenvalue weighted by Crippen LogP contribution is 2.28. The van der Waals surface area contributed by atoms with Crippen LogP contribution in [0.3, 0.4) is 0 Å². The van der Waals surface area contributed by atoms with Crippen molar-refractivity contribution >= 4 is 0 Å². The van der Waals surface area contributed by atoms with Crippen LogP contribution in [-0.2, 0) is 6.54 Å². The molecule has 4 N–H and O–H groups in total. The van der Waals surface area contributed by atoms with E-state index in [1.54, 1.807) is 12.1 Å². The lowest BCUT2D eigenvalue weighted by Crippen LogP contribution is -2.29. The topological polar surface area (TPSA) is 72.7 Å². The summed E-state index contributed by atoms with van der Waals surface area (Å²) in [6, 6.07) is 4.95. The van der Waals surface area contributed by atoms with Crippen LogP contribution in [0.4, 0.5) is 0 Å². The van der Waals surface area contributed by atoms with Gasteiger partial charge in [-0.05, 0) is 24.3 Å². The first-order valence-electron chi connectivity index (χ1n) is 6.28. The maximum atomic E-state index is 9.65. The first-order chi connectivity index (χ1) is 8.46. The van der Waals surface area contributed by atoms with Crippen LogP contribution in [0.2, 0.25) is 0 Å². The van der Waals surface area contributed by atoms with Crippen molar-refractivity contribution in [3.8, 4) is 11.5 Å². The van der Waals surface area contributed by atoms with Gasteiger partial charge in [-0.15, -0.1) is 0 Å². The lowest BCUT2D eigenvalue weighted by atomic mass is 9.88. The molecule has 0 aliphatic rings. The molecule has 0 aliphatic carbocycles. The van der Waals surface area contributed by atoms with Crippen LogP contribution in [0, 0.1) is 5.41 Å². The zero-order valence-electron chi connectivity index (χ0n) is 11.1. The summed E-state index contributed by atoms with van der Waals surface area (Å²) < 4.78 is 0. The Morgan fingerprint density at radius 1 is 1.22 bits per heavy atom. The monoisotopic (exact) mass is 253 g/mol. The van der Waals surface area contributed by atoms with Gasteiger partial charge in [-0.3, -0.25) is 0 Å². The largest absolute Gasteiger partial charge is 0.504 e. The van der Waals surface area contributed by atoms with E-state index in [1.807, 2.05) is 0 Å². The standard InChI is InChI=1S/C14H23NO3/c1-14(2,7-4-8-16)10-15-9-11-5-3-6-12(17)13(11)18/h3,5-6,15-18H,4,7-10H2,1-2H3. The van der Waals surface area contributed by atoms with Gasteiger partial charge in [-0.1, -0.05) is 26.0 Å². The van der Waals surface area contributed by atoms with Crippen molar-refractivity contribution in [2.45, 2.75) is 33.2 Å². The average molecular weight is 253 g/mol. The number of hydrogen-bond acceptors (Lipinski definition) is 4. The van der Waals surface area contributed by atoms with Crippen LogP contribution in [0.15, 0.2) is 18.2 Å². The number of para-hydroxylation sites is 1. The van der Waals surface area contributed by atoms with Gasteiger partial charge in [0.25, 0.3) is 0 Å². The molecule has 0 unspecified atom stereocenters. The zero-order valence-corrected chi connectivity index (χ0v) is 11.1. The number of rotatable bonds is 7. The summed E-state index contributed by atoms with van der Waals surface area (Å²) in [7, 11) is 0. The molecule has 0 radical (unpaired) electrons. The molecule has 4 heteroatoms. The molecule has 18 heavy (non-hydrogen) atoms. The molecule has 0 fully saturated rings. The van der Waals surface area contributed by atoms with Crippen LogP contribution < -0.4 is 5.32 Å². The molecule has 1 aromatic carbocycles. The molecule has 0 amide bonds. The van der Waals surface area contributed by atoms with E-state index >= 15 is 0 Å². The summed E-state index contributed by atoms with van der Waals surface area (Å²) in [6.07, 6.45) is 1.74. The SMILES string of the molecule is CC(C)(CCCO)CNCc1cccc(O)c1O. The smallest absolute Gasteiger partial charge is 0.161 e. The van der Waals surface area contributed by atoms with E-state index in [1.165, 1.54) is 6.07 Å². The van der Waals surface area contributed by atoms with E-state index < -0.39 is 0 Å². The van der Waals surface area contributed by atoms with Crippen molar-refractivity contribution in [2.75, 3.05) is 13.2 Å². The second-order valence-corrected chi connectivity index (χ2v) is 5.38. The van der Waals surface area contributed by atoms with Gasteiger partial charge in [-0.2, -0.15) is 0 Å². The molecule has 102 valence electrons. The minimum absolute atomic E-state index is 0.0573. The molecule has 0 heterocycles. The summed E-state index contributed by atoms with van der Waals surface area (Å²) in [5.74, 6) is -0.146. The Bertz CT molecular complexity index is 377. The molecule has 0 atom stereocenters. The van der Waals surface area contributed by atoms with Crippen LogP contribution in [-0.4, -0.2) is 28.5 Å². The van der Waals surface area contributed by atoms with E-state index in [2.05, 4.69) is 19.2 Å². The molecule has 0 saturated carbocycles. The number of aromatic hydroxyl groups is 2. The number of nitrogens with one attached hydrogen (secondary N) is 1. The summed E-state index contributed by atoms with van der Waals surface area (Å²) in [4.78, 5) is 0. The van der Waals surface area contributed by atoms with Crippen molar-refractivity contribution < 1.29 is 15.3 Å². The Morgan fingerprint density at radius 2 is 1.94 bits per heavy atom. The molecule has 0 bridgehead atoms. The summed E-state index contributed by atoms with van der Waals surface area (Å²) in [5.41, 5.74) is 0.794. The van der Waals surface area contributed by atoms with E-state index in [9.17, 15) is 10.2 Å². The van der Waals surface area contributed by atoms with E-state index in [-0.39, 0.29) is 23.5 Å². The number of aliphatic hydroxyl groups is 1. The number of phenolic OH excluding ortho intramolecular Hbond substituents is 2. The number of hydrogen-bond donors (Lipinski definition) is 4. The van der Waals surface area contributed by atoms with Crippen molar-refractivity contribution in [1.82, 2.24) is 5.32 Å². The van der Waals surface area contributed by atoms with Gasteiger partial charge in [0.1, 0.15) is 0 Å². The maximum absolute atomic E-state index is 9.65. The summed E-state index contributed by atoms with van der Waals surface area (Å²) in [5, 5.41) is 31.1. The van der Waals surface area contributed by atoms with Gasteiger partial charge in [0.05, 0.1) is 0 Å². The first-order valence-corrected chi connectivity index (χ1v) is 6.28. The third-order valence-corrected chi connectivity index (χ3v) is 3.03. The number of aliphatic hydroxyl groups excluding tert-OH is 1. The van der Waals surface area contributed by atoms with Gasteiger partial charge in [0.15, 0.2) is 11.5 Å². The van der Waals surface area contributed by atoms with Crippen LogP contribution >= 0.6 is 0 Å². The highest BCUT2D eigenvalue weighted by molar-refractivity contribution is 5.44. The lowest BCUT2D eigenvalue weighted by Gasteiger charge is -2.24. The minimum atomic E-state index is -0.0890. The van der Waals surface area contributed by atoms with Crippen LogP contribution in [0.25, 0.3) is 0 Å². The number of phenols is 2. The zero-order chi connectivity index (χ0) is 13.6. The fourth-order valence-corrected chi connectivity index (χ4v) is 1.90. The van der Waals surface area contributed by atoms with Crippen LogP contribution in [0.1, 0.15) is 32.3 Å².